The number of aliphatic hydroxyl groups is 1. The normalized spacial score (nSPS) is 19.2. The summed E-state index contributed by atoms with van der Waals surface area (Å²) in [5.41, 5.74) is 3.57. The number of halogens is 3. The maximum atomic E-state index is 14.7. The summed E-state index contributed by atoms with van der Waals surface area (Å²) in [6.07, 6.45) is 7.44. The van der Waals surface area contributed by atoms with Crippen LogP contribution >= 0.6 is 7.82 Å². The molecule has 0 spiro atoms. The smallest absolute Gasteiger partial charge is 0.318 e. The van der Waals surface area contributed by atoms with Gasteiger partial charge in [0.05, 0.1) is 25.7 Å². The van der Waals surface area contributed by atoms with Gasteiger partial charge in [0.15, 0.2) is 6.79 Å². The number of ether oxygens (including phenoxy) is 2. The van der Waals surface area contributed by atoms with Crippen LogP contribution in [0.5, 0.6) is 5.75 Å². The lowest BCUT2D eigenvalue weighted by atomic mass is 9.83. The number of aliphatic hydroxyl groups excluding tert-OH is 1. The fraction of sp³-hybridized carbons (Fsp3) is 0.415. The zero-order valence-corrected chi connectivity index (χ0v) is 39.9. The highest BCUT2D eigenvalue weighted by atomic mass is 31.2. The van der Waals surface area contributed by atoms with E-state index < -0.39 is 37.9 Å². The van der Waals surface area contributed by atoms with Gasteiger partial charge in [-0.3, -0.25) is 9.09 Å². The van der Waals surface area contributed by atoms with Crippen LogP contribution in [0.1, 0.15) is 90.9 Å². The summed E-state index contributed by atoms with van der Waals surface area (Å²) in [7, 11) is -5.10. The van der Waals surface area contributed by atoms with Crippen LogP contribution in [0, 0.1) is 17.5 Å². The van der Waals surface area contributed by atoms with E-state index in [9.17, 15) is 37.4 Å². The van der Waals surface area contributed by atoms with Gasteiger partial charge in [0.1, 0.15) is 41.8 Å². The summed E-state index contributed by atoms with van der Waals surface area (Å²) in [4.78, 5) is 36.6. The predicted octanol–water partition coefficient (Wildman–Crippen LogP) is 8.79. The molecule has 2 aliphatic rings. The Kier molecular flexibility index (Phi) is 18.5. The predicted molar refractivity (Wildman–Crippen MR) is 255 cm³/mol. The molecule has 2 amide bonds. The van der Waals surface area contributed by atoms with Crippen molar-refractivity contribution in [1.82, 2.24) is 15.5 Å². The Hall–Kier alpha value is -5.09. The van der Waals surface area contributed by atoms with Gasteiger partial charge in [-0.25, -0.2) is 18.0 Å². The van der Waals surface area contributed by atoms with Crippen molar-refractivity contribution >= 4 is 13.9 Å². The first-order chi connectivity index (χ1) is 33.3. The van der Waals surface area contributed by atoms with E-state index in [2.05, 4.69) is 39.4 Å². The summed E-state index contributed by atoms with van der Waals surface area (Å²) in [6, 6.07) is 33.3. The number of phosphoric ester groups is 1. The third kappa shape index (κ3) is 15.0. The number of benzene rings is 5. The Morgan fingerprint density at radius 2 is 1.43 bits per heavy atom. The van der Waals surface area contributed by atoms with E-state index in [0.29, 0.717) is 72.3 Å². The van der Waals surface area contributed by atoms with Gasteiger partial charge in [-0.15, -0.1) is 0 Å². The molecule has 2 fully saturated rings. The number of unbranched alkanes of at least 4 members (excludes halogenated alkanes) is 4. The highest BCUT2D eigenvalue weighted by molar-refractivity contribution is 7.44. The molecule has 5 aromatic carbocycles. The van der Waals surface area contributed by atoms with Crippen molar-refractivity contribution < 1.29 is 55.9 Å². The number of quaternary nitrogens is 1. The van der Waals surface area contributed by atoms with Gasteiger partial charge in [0.2, 0.25) is 0 Å². The van der Waals surface area contributed by atoms with Crippen molar-refractivity contribution in [2.24, 2.45) is 0 Å². The molecule has 2 aliphatic heterocycles. The number of nitrogens with zero attached hydrogens (tertiary/aromatic N) is 2. The van der Waals surface area contributed by atoms with E-state index >= 15 is 0 Å². The third-order valence-electron chi connectivity index (χ3n) is 13.4. The first-order valence-corrected chi connectivity index (χ1v) is 25.4. The van der Waals surface area contributed by atoms with Gasteiger partial charge in [-0.05, 0) is 109 Å². The molecule has 16 heteroatoms. The maximum Gasteiger partial charge on any atom is 0.318 e. The molecule has 0 saturated carbocycles. The molecule has 2 atom stereocenters. The number of likely N-dealkylation sites (tertiary alicyclic amines) is 1. The lowest BCUT2D eigenvalue weighted by molar-refractivity contribution is -0.958. The molecule has 2 unspecified atom stereocenters. The Balaban J connectivity index is 0.991. The number of phosphoric acid groups is 1. The summed E-state index contributed by atoms with van der Waals surface area (Å²) in [5, 5.41) is 17.9. The second-order valence-corrected chi connectivity index (χ2v) is 19.6. The number of carbonyl (C=O) groups excluding carboxylic acids is 1. The van der Waals surface area contributed by atoms with E-state index in [1.165, 1.54) is 42.0 Å². The topological polar surface area (TPSA) is 153 Å². The van der Waals surface area contributed by atoms with Crippen LogP contribution in [0.2, 0.25) is 0 Å². The van der Waals surface area contributed by atoms with Gasteiger partial charge in [-0.1, -0.05) is 85.6 Å². The monoisotopic (exact) mass is 972 g/mol. The van der Waals surface area contributed by atoms with E-state index in [1.807, 2.05) is 18.2 Å². The minimum atomic E-state index is -5.10. The zero-order valence-electron chi connectivity index (χ0n) is 39.0. The molecule has 2 saturated heterocycles. The molecular weight excluding hydrogens is 909 g/mol. The minimum Gasteiger partial charge on any atom is -0.756 e. The van der Waals surface area contributed by atoms with Gasteiger partial charge >= 0.3 is 6.03 Å². The summed E-state index contributed by atoms with van der Waals surface area (Å²) < 4.78 is 71.0. The van der Waals surface area contributed by atoms with Crippen LogP contribution in [0.15, 0.2) is 121 Å². The number of nitrogens with one attached hydrogen (secondary N) is 2. The fourth-order valence-corrected chi connectivity index (χ4v) is 9.91. The molecular formula is C53H64F3N4O8P. The maximum absolute atomic E-state index is 14.7. The molecule has 0 bridgehead atoms. The number of piperidine rings is 1. The van der Waals surface area contributed by atoms with Gasteiger partial charge in [0.25, 0.3) is 7.82 Å². The Bertz CT molecular complexity index is 2390. The molecule has 12 nitrogen and oxygen atoms in total. The van der Waals surface area contributed by atoms with Gasteiger partial charge in [0, 0.05) is 49.8 Å². The molecule has 0 aliphatic carbocycles. The summed E-state index contributed by atoms with van der Waals surface area (Å²) in [6.45, 7) is 3.75. The molecule has 7 rings (SSSR count). The quantitative estimate of drug-likeness (QED) is 0.0185. The minimum absolute atomic E-state index is 0.212. The third-order valence-corrected chi connectivity index (χ3v) is 13.8. The Morgan fingerprint density at radius 1 is 0.783 bits per heavy atom. The summed E-state index contributed by atoms with van der Waals surface area (Å²) >= 11 is 0. The molecule has 0 radical (unpaired) electrons. The zero-order chi connectivity index (χ0) is 48.7. The van der Waals surface area contributed by atoms with E-state index in [-0.39, 0.29) is 30.2 Å². The Labute approximate surface area is 403 Å². The highest BCUT2D eigenvalue weighted by Gasteiger charge is 2.49. The molecule has 69 heavy (non-hydrogen) atoms. The second kappa shape index (κ2) is 24.6. The lowest BCUT2D eigenvalue weighted by Gasteiger charge is -2.46. The van der Waals surface area contributed by atoms with Crippen LogP contribution in [-0.2, 0) is 38.9 Å². The number of hydrogen-bond donors (Lipinski definition) is 4. The molecule has 2 heterocycles. The Morgan fingerprint density at radius 3 is 2.10 bits per heavy atom. The largest absolute Gasteiger partial charge is 0.756 e. The van der Waals surface area contributed by atoms with Crippen molar-refractivity contribution in [2.75, 3.05) is 52.7 Å². The van der Waals surface area contributed by atoms with Crippen molar-refractivity contribution in [3.8, 4) is 5.75 Å². The highest BCUT2D eigenvalue weighted by Crippen LogP contribution is 2.40. The molecule has 4 N–H and O–H groups in total. The van der Waals surface area contributed by atoms with Crippen molar-refractivity contribution in [1.29, 1.82) is 0 Å². The number of rotatable bonds is 26. The number of carbonyl (C=O) groups is 1. The molecule has 5 aromatic rings. The standard InChI is InChI=1S/C53H64F3N4O8P/c54-46-21-17-44(18-22-46)53(45-19-23-47(55)24-20-45)38-59(52(62)58-53)49-26-29-60(30-27-49,36-41-14-10-15-48(56)33-41)37-43-34-42(16-25-51(43)67-39-68-69(63,64)65)50(61)35-57-28-7-1-2-8-31-66-32-9-6-13-40-11-4-3-5-12-40/h3-5,10-12,14-25,33-34,49-50,57,61H,1-2,6-9,13,26-32,35-39H2,(H2-,58,62,63,64,65). The first-order valence-electron chi connectivity index (χ1n) is 23.9. The molecule has 0 aromatic heterocycles. The van der Waals surface area contributed by atoms with Crippen LogP contribution in [0.3, 0.4) is 0 Å². The average molecular weight is 973 g/mol. The van der Waals surface area contributed by atoms with Crippen LogP contribution < -0.4 is 20.3 Å². The van der Waals surface area contributed by atoms with Crippen molar-refractivity contribution in [3.63, 3.8) is 0 Å². The second-order valence-electron chi connectivity index (χ2n) is 18.4. The summed E-state index contributed by atoms with van der Waals surface area (Å²) in [5.74, 6) is -0.952. The number of amides is 2. The fourth-order valence-electron chi connectivity index (χ4n) is 9.72. The van der Waals surface area contributed by atoms with Crippen molar-refractivity contribution in [2.45, 2.75) is 88.6 Å². The number of hydrogen-bond acceptors (Lipinski definition) is 8. The van der Waals surface area contributed by atoms with E-state index in [4.69, 9.17) is 9.47 Å². The molecule has 370 valence electrons. The number of urea groups is 1. The van der Waals surface area contributed by atoms with E-state index in [0.717, 1.165) is 70.3 Å². The first kappa shape index (κ1) is 51.8. The average Bonchev–Trinajstić information content (AvgIpc) is 3.69. The van der Waals surface area contributed by atoms with Crippen LogP contribution in [0.25, 0.3) is 0 Å². The van der Waals surface area contributed by atoms with Gasteiger partial charge in [-0.2, -0.15) is 0 Å². The SMILES string of the molecule is O=C1NC(c2ccc(F)cc2)(c2ccc(F)cc2)CN1C1CC[N+](Cc2cccc(F)c2)(Cc2cc(C(O)CNCCCCCCOCCCCc3ccccc3)ccc2OCOP(=O)([O-])O)CC1. The van der Waals surface area contributed by atoms with Crippen LogP contribution in [-0.4, -0.2) is 84.2 Å². The number of aryl methyl sites for hydroxylation is 1. The van der Waals surface area contributed by atoms with Gasteiger partial charge < -0.3 is 44.4 Å². The van der Waals surface area contributed by atoms with E-state index in [1.54, 1.807) is 47.4 Å². The van der Waals surface area contributed by atoms with Crippen LogP contribution in [0.4, 0.5) is 18.0 Å². The van der Waals surface area contributed by atoms with Crippen molar-refractivity contribution in [3.05, 3.63) is 172 Å². The lowest BCUT2D eigenvalue weighted by Crippen LogP contribution is -2.56.